The van der Waals surface area contributed by atoms with Gasteiger partial charge in [0, 0.05) is 24.1 Å². The molecule has 5 heteroatoms. The van der Waals surface area contributed by atoms with Gasteiger partial charge in [-0.2, -0.15) is 0 Å². The van der Waals surface area contributed by atoms with Crippen LogP contribution < -0.4 is 10.1 Å². The Labute approximate surface area is 128 Å². The first-order chi connectivity index (χ1) is 9.74. The molecule has 2 aliphatic rings. The summed E-state index contributed by atoms with van der Waals surface area (Å²) >= 11 is 0. The van der Waals surface area contributed by atoms with Crippen molar-refractivity contribution in [1.82, 2.24) is 5.32 Å². The minimum absolute atomic E-state index is 0. The molecule has 0 unspecified atom stereocenters. The highest BCUT2D eigenvalue weighted by Crippen LogP contribution is 2.45. The molecule has 0 aromatic heterocycles. The summed E-state index contributed by atoms with van der Waals surface area (Å²) in [6, 6.07) is 11.6. The molecule has 0 fully saturated rings. The Bertz CT molecular complexity index is 689. The molecule has 2 aliphatic heterocycles. The molecular weight excluding hydrogens is 290 g/mol. The van der Waals surface area contributed by atoms with Gasteiger partial charge in [-0.15, -0.1) is 12.4 Å². The second-order valence-electron chi connectivity index (χ2n) is 5.35. The number of nitrogens with one attached hydrogen (secondary N) is 1. The first-order valence-corrected chi connectivity index (χ1v) is 6.74. The molecule has 0 aliphatic carbocycles. The molecular formula is C16H16ClNO3. The molecule has 0 amide bonds. The zero-order valence-corrected chi connectivity index (χ0v) is 12.1. The zero-order valence-electron chi connectivity index (χ0n) is 11.2. The van der Waals surface area contributed by atoms with Crippen molar-refractivity contribution < 1.29 is 14.9 Å². The minimum Gasteiger partial charge on any atom is -0.504 e. The number of benzene rings is 2. The maximum atomic E-state index is 9.79. The third kappa shape index (κ3) is 2.11. The highest BCUT2D eigenvalue weighted by atomic mass is 35.5. The van der Waals surface area contributed by atoms with Gasteiger partial charge in [-0.05, 0) is 17.2 Å². The number of phenolic OH excluding ortho intramolecular Hbond substituents is 2. The highest BCUT2D eigenvalue weighted by molar-refractivity contribution is 5.85. The topological polar surface area (TPSA) is 61.7 Å². The van der Waals surface area contributed by atoms with Crippen LogP contribution in [0.25, 0.3) is 0 Å². The molecule has 2 heterocycles. The molecule has 2 aromatic rings. The van der Waals surface area contributed by atoms with Gasteiger partial charge in [0.2, 0.25) is 0 Å². The van der Waals surface area contributed by atoms with E-state index in [4.69, 9.17) is 4.74 Å². The summed E-state index contributed by atoms with van der Waals surface area (Å²) in [6.45, 7) is 1.40. The first-order valence-electron chi connectivity index (χ1n) is 6.74. The first kappa shape index (κ1) is 14.0. The van der Waals surface area contributed by atoms with Crippen LogP contribution in [0.4, 0.5) is 0 Å². The average molecular weight is 306 g/mol. The summed E-state index contributed by atoms with van der Waals surface area (Å²) in [6.07, 6.45) is 0. The molecule has 2 atom stereocenters. The van der Waals surface area contributed by atoms with Gasteiger partial charge in [-0.1, -0.05) is 24.3 Å². The van der Waals surface area contributed by atoms with Gasteiger partial charge in [0.05, 0.1) is 6.04 Å². The maximum absolute atomic E-state index is 9.79. The van der Waals surface area contributed by atoms with E-state index >= 15 is 0 Å². The van der Waals surface area contributed by atoms with E-state index in [0.717, 1.165) is 12.1 Å². The standard InChI is InChI=1S/C16H15NO3.ClH/c18-13-5-11-15(6-14(13)19)20-8-12-16(11)10-4-2-1-3-9(10)7-17-12;/h1-6,12,16-19H,7-8H2;1H/t12-,16-;/m1./s1. The Kier molecular flexibility index (Phi) is 3.43. The van der Waals surface area contributed by atoms with Crippen molar-refractivity contribution in [3.63, 3.8) is 0 Å². The van der Waals surface area contributed by atoms with Crippen LogP contribution in [0.1, 0.15) is 22.6 Å². The monoisotopic (exact) mass is 305 g/mol. The van der Waals surface area contributed by atoms with Gasteiger partial charge in [-0.25, -0.2) is 0 Å². The van der Waals surface area contributed by atoms with Crippen LogP contribution in [-0.2, 0) is 6.54 Å². The lowest BCUT2D eigenvalue weighted by Crippen LogP contribution is -2.46. The van der Waals surface area contributed by atoms with E-state index < -0.39 is 0 Å². The van der Waals surface area contributed by atoms with Crippen LogP contribution in [0.15, 0.2) is 36.4 Å². The van der Waals surface area contributed by atoms with Crippen molar-refractivity contribution in [3.8, 4) is 17.2 Å². The maximum Gasteiger partial charge on any atom is 0.161 e. The number of rotatable bonds is 0. The van der Waals surface area contributed by atoms with Gasteiger partial charge < -0.3 is 20.3 Å². The number of fused-ring (bicyclic) bond motifs is 5. The molecule has 0 saturated heterocycles. The number of phenols is 2. The summed E-state index contributed by atoms with van der Waals surface area (Å²) in [7, 11) is 0. The van der Waals surface area contributed by atoms with Gasteiger partial charge in [0.15, 0.2) is 11.5 Å². The summed E-state index contributed by atoms with van der Waals surface area (Å²) < 4.78 is 5.71. The second kappa shape index (κ2) is 5.13. The normalized spacial score (nSPS) is 22.1. The predicted molar refractivity (Wildman–Crippen MR) is 81.4 cm³/mol. The number of ether oxygens (including phenoxy) is 1. The van der Waals surface area contributed by atoms with Crippen molar-refractivity contribution in [1.29, 1.82) is 0 Å². The number of aromatic hydroxyl groups is 2. The van der Waals surface area contributed by atoms with E-state index in [1.807, 2.05) is 12.1 Å². The SMILES string of the molecule is Cl.Oc1cc2c(cc1O)[C@H]1c3ccccc3CN[C@@H]1CO2. The van der Waals surface area contributed by atoms with E-state index in [0.29, 0.717) is 12.4 Å². The fourth-order valence-corrected chi connectivity index (χ4v) is 3.24. The Hall–Kier alpha value is -1.91. The van der Waals surface area contributed by atoms with E-state index in [1.54, 1.807) is 6.07 Å². The molecule has 2 aromatic carbocycles. The smallest absolute Gasteiger partial charge is 0.161 e. The molecule has 4 rings (SSSR count). The van der Waals surface area contributed by atoms with E-state index in [-0.39, 0.29) is 35.9 Å². The summed E-state index contributed by atoms with van der Waals surface area (Å²) in [5.41, 5.74) is 3.47. The van der Waals surface area contributed by atoms with Crippen molar-refractivity contribution in [2.24, 2.45) is 0 Å². The lowest BCUT2D eigenvalue weighted by molar-refractivity contribution is 0.214. The number of hydrogen-bond donors (Lipinski definition) is 3. The summed E-state index contributed by atoms with van der Waals surface area (Å²) in [5.74, 6) is 0.561. The lowest BCUT2D eigenvalue weighted by Gasteiger charge is -2.39. The van der Waals surface area contributed by atoms with E-state index in [1.165, 1.54) is 17.2 Å². The second-order valence-corrected chi connectivity index (χ2v) is 5.35. The van der Waals surface area contributed by atoms with Crippen LogP contribution in [-0.4, -0.2) is 22.9 Å². The molecule has 0 bridgehead atoms. The van der Waals surface area contributed by atoms with Gasteiger partial charge in [-0.3, -0.25) is 0 Å². The molecule has 4 nitrogen and oxygen atoms in total. The molecule has 110 valence electrons. The average Bonchev–Trinajstić information content (AvgIpc) is 2.48. The van der Waals surface area contributed by atoms with Crippen molar-refractivity contribution in [3.05, 3.63) is 53.1 Å². The van der Waals surface area contributed by atoms with E-state index in [9.17, 15) is 10.2 Å². The molecule has 0 radical (unpaired) electrons. The predicted octanol–water partition coefficient (Wildman–Crippen LogP) is 2.52. The van der Waals surface area contributed by atoms with Crippen molar-refractivity contribution in [2.45, 2.75) is 18.5 Å². The molecule has 0 spiro atoms. The van der Waals surface area contributed by atoms with Crippen LogP contribution >= 0.6 is 12.4 Å². The van der Waals surface area contributed by atoms with Crippen LogP contribution in [0.3, 0.4) is 0 Å². The summed E-state index contributed by atoms with van der Waals surface area (Å²) in [5, 5.41) is 22.9. The zero-order chi connectivity index (χ0) is 13.7. The minimum atomic E-state index is -0.140. The fraction of sp³-hybridized carbons (Fsp3) is 0.250. The van der Waals surface area contributed by atoms with Gasteiger partial charge >= 0.3 is 0 Å². The largest absolute Gasteiger partial charge is 0.504 e. The Morgan fingerprint density at radius 2 is 1.81 bits per heavy atom. The summed E-state index contributed by atoms with van der Waals surface area (Å²) in [4.78, 5) is 0. The Morgan fingerprint density at radius 1 is 1.05 bits per heavy atom. The fourth-order valence-electron chi connectivity index (χ4n) is 3.24. The lowest BCUT2D eigenvalue weighted by atomic mass is 9.78. The van der Waals surface area contributed by atoms with Crippen molar-refractivity contribution >= 4 is 12.4 Å². The number of halogens is 1. The Morgan fingerprint density at radius 3 is 2.67 bits per heavy atom. The van der Waals surface area contributed by atoms with Crippen LogP contribution in [0.5, 0.6) is 17.2 Å². The Balaban J connectivity index is 0.00000132. The molecule has 3 N–H and O–H groups in total. The highest BCUT2D eigenvalue weighted by Gasteiger charge is 2.36. The van der Waals surface area contributed by atoms with Gasteiger partial charge in [0.1, 0.15) is 12.4 Å². The van der Waals surface area contributed by atoms with Crippen LogP contribution in [0, 0.1) is 0 Å². The quantitative estimate of drug-likeness (QED) is 0.655. The molecule has 0 saturated carbocycles. The molecule has 21 heavy (non-hydrogen) atoms. The van der Waals surface area contributed by atoms with Gasteiger partial charge in [0.25, 0.3) is 0 Å². The van der Waals surface area contributed by atoms with Crippen LogP contribution in [0.2, 0.25) is 0 Å². The third-order valence-electron chi connectivity index (χ3n) is 4.21. The third-order valence-corrected chi connectivity index (χ3v) is 4.21. The van der Waals surface area contributed by atoms with Crippen molar-refractivity contribution in [2.75, 3.05) is 6.61 Å². The van der Waals surface area contributed by atoms with E-state index in [2.05, 4.69) is 17.4 Å². The number of hydrogen-bond acceptors (Lipinski definition) is 4.